The van der Waals surface area contributed by atoms with Gasteiger partial charge in [-0.05, 0) is 55.4 Å². The Hall–Kier alpha value is -3.79. The molecule has 2 aliphatic rings. The van der Waals surface area contributed by atoms with Crippen molar-refractivity contribution >= 4 is 34.7 Å². The Kier molecular flexibility index (Phi) is 9.96. The van der Waals surface area contributed by atoms with E-state index < -0.39 is 41.8 Å². The lowest BCUT2D eigenvalue weighted by atomic mass is 10.1. The number of anilines is 1. The van der Waals surface area contributed by atoms with E-state index in [1.54, 1.807) is 0 Å². The van der Waals surface area contributed by atoms with Crippen LogP contribution in [0.15, 0.2) is 59.8 Å². The Labute approximate surface area is 273 Å². The van der Waals surface area contributed by atoms with Gasteiger partial charge < -0.3 is 15.5 Å². The highest BCUT2D eigenvalue weighted by molar-refractivity contribution is 7.99. The zero-order chi connectivity index (χ0) is 33.1. The molecule has 0 spiro atoms. The van der Waals surface area contributed by atoms with Crippen LogP contribution < -0.4 is 16.2 Å². The van der Waals surface area contributed by atoms with Crippen LogP contribution in [0.2, 0.25) is 0 Å². The Morgan fingerprint density at radius 3 is 2.53 bits per heavy atom. The normalized spacial score (nSPS) is 24.0. The van der Waals surface area contributed by atoms with Crippen molar-refractivity contribution in [3.05, 3.63) is 71.3 Å². The van der Waals surface area contributed by atoms with Gasteiger partial charge in [0.25, 0.3) is 0 Å². The highest BCUT2D eigenvalue weighted by Crippen LogP contribution is 2.44. The van der Waals surface area contributed by atoms with Gasteiger partial charge in [-0.15, -0.1) is 5.10 Å². The van der Waals surface area contributed by atoms with Crippen molar-refractivity contribution < 1.29 is 28.2 Å². The molecule has 47 heavy (non-hydrogen) atoms. The largest absolute Gasteiger partial charge is 0.416 e. The van der Waals surface area contributed by atoms with E-state index in [9.17, 15) is 28.2 Å². The number of rotatable bonds is 13. The van der Waals surface area contributed by atoms with Crippen molar-refractivity contribution in [3.63, 3.8) is 0 Å². The number of carbonyl (C=O) groups excluding carboxylic acids is 1. The zero-order valence-electron chi connectivity index (χ0n) is 25.7. The maximum Gasteiger partial charge on any atom is 0.416 e. The monoisotopic (exact) mass is 670 g/mol. The molecule has 0 aliphatic heterocycles. The van der Waals surface area contributed by atoms with E-state index >= 15 is 0 Å². The number of halogens is 3. The van der Waals surface area contributed by atoms with Gasteiger partial charge in [-0.1, -0.05) is 66.4 Å². The average Bonchev–Trinajstić information content (AvgIpc) is 3.60. The number of hydrogen-bond acceptors (Lipinski definition) is 10. The first kappa shape index (κ1) is 33.1. The summed E-state index contributed by atoms with van der Waals surface area (Å²) in [6, 6.07) is 14.7. The smallest absolute Gasteiger partial charge is 0.390 e. The Bertz CT molecular complexity index is 1670. The number of aliphatic hydroxyl groups is 2. The second-order valence-electron chi connectivity index (χ2n) is 12.0. The third kappa shape index (κ3) is 7.53. The number of nitrogens with zero attached hydrogens (tertiary/aromatic N) is 5. The summed E-state index contributed by atoms with van der Waals surface area (Å²) in [5, 5.41) is 34.6. The summed E-state index contributed by atoms with van der Waals surface area (Å²) < 4.78 is 39.8. The molecule has 2 heterocycles. The van der Waals surface area contributed by atoms with Crippen LogP contribution in [0, 0.1) is 5.92 Å². The Morgan fingerprint density at radius 1 is 1.04 bits per heavy atom. The number of aromatic nitrogens is 5. The van der Waals surface area contributed by atoms with Crippen LogP contribution in [0.4, 0.5) is 19.0 Å². The van der Waals surface area contributed by atoms with Gasteiger partial charge in [0.1, 0.15) is 6.10 Å². The summed E-state index contributed by atoms with van der Waals surface area (Å²) in [7, 11) is 0. The summed E-state index contributed by atoms with van der Waals surface area (Å²) in [5.74, 6) is 0.309. The number of amides is 1. The van der Waals surface area contributed by atoms with Gasteiger partial charge in [0.2, 0.25) is 5.91 Å². The molecule has 5 N–H and O–H groups in total. The second-order valence-corrected chi connectivity index (χ2v) is 13.1. The van der Waals surface area contributed by atoms with Crippen molar-refractivity contribution in [2.45, 2.75) is 80.6 Å². The average molecular weight is 671 g/mol. The molecule has 0 saturated heterocycles. The van der Waals surface area contributed by atoms with E-state index in [1.807, 2.05) is 18.2 Å². The molecular formula is C32H37F3N8O3S. The quantitative estimate of drug-likeness (QED) is 0.0605. The van der Waals surface area contributed by atoms with Gasteiger partial charge in [-0.3, -0.25) is 10.2 Å². The fourth-order valence-electron chi connectivity index (χ4n) is 5.99. The van der Waals surface area contributed by atoms with Crippen molar-refractivity contribution in [1.82, 2.24) is 35.8 Å². The molecule has 6 atom stereocenters. The highest BCUT2D eigenvalue weighted by Gasteiger charge is 2.47. The minimum absolute atomic E-state index is 0.1000. The van der Waals surface area contributed by atoms with Crippen LogP contribution in [0.3, 0.4) is 0 Å². The molecule has 2 aliphatic carbocycles. The number of hydrazine groups is 1. The van der Waals surface area contributed by atoms with Gasteiger partial charge in [-0.2, -0.15) is 13.2 Å². The standard InChI is InChI=1S/C32H37F3N8O3S/c1-2-15-47-31-38-28(37-23-16-21(23)19-8-4-3-5-9-19)25-29(39-31)43(42-40-25)24-17-22(26(44)27(24)45)30(46)41-36-14-6-7-18-10-12-20(13-11-18)32(33,34)35/h3-5,8-13,21-24,26-27,36,44-45H,2,6-7,14-17H2,1H3,(H,41,46)(H,37,38,39). The van der Waals surface area contributed by atoms with Gasteiger partial charge >= 0.3 is 6.18 Å². The predicted octanol–water partition coefficient (Wildman–Crippen LogP) is 4.25. The lowest BCUT2D eigenvalue weighted by Crippen LogP contribution is -2.45. The van der Waals surface area contributed by atoms with E-state index in [-0.39, 0.29) is 12.5 Å². The van der Waals surface area contributed by atoms with E-state index in [2.05, 4.69) is 45.5 Å². The molecule has 2 fully saturated rings. The number of carbonyl (C=O) groups is 1. The lowest BCUT2D eigenvalue weighted by molar-refractivity contribution is -0.137. The van der Waals surface area contributed by atoms with Gasteiger partial charge in [0.15, 0.2) is 22.1 Å². The van der Waals surface area contributed by atoms with Gasteiger partial charge in [0.05, 0.1) is 23.6 Å². The number of aryl methyl sites for hydroxylation is 1. The van der Waals surface area contributed by atoms with Crippen LogP contribution in [-0.4, -0.2) is 71.6 Å². The zero-order valence-corrected chi connectivity index (χ0v) is 26.5. The maximum atomic E-state index is 13.0. The van der Waals surface area contributed by atoms with Crippen molar-refractivity contribution in [1.29, 1.82) is 0 Å². The highest BCUT2D eigenvalue weighted by atomic mass is 32.2. The van der Waals surface area contributed by atoms with Crippen LogP contribution in [0.1, 0.15) is 61.3 Å². The summed E-state index contributed by atoms with van der Waals surface area (Å²) in [5.41, 5.74) is 7.57. The van der Waals surface area contributed by atoms with Crippen LogP contribution in [0.25, 0.3) is 11.2 Å². The van der Waals surface area contributed by atoms with Crippen LogP contribution >= 0.6 is 11.8 Å². The van der Waals surface area contributed by atoms with E-state index in [1.165, 1.54) is 34.1 Å². The maximum absolute atomic E-state index is 13.0. The van der Waals surface area contributed by atoms with Crippen molar-refractivity contribution in [2.24, 2.45) is 5.92 Å². The van der Waals surface area contributed by atoms with Crippen LogP contribution in [0.5, 0.6) is 0 Å². The fraction of sp³-hybridized carbons (Fsp3) is 0.469. The summed E-state index contributed by atoms with van der Waals surface area (Å²) in [6.45, 7) is 2.42. The Balaban J connectivity index is 1.09. The molecule has 250 valence electrons. The third-order valence-electron chi connectivity index (χ3n) is 8.64. The number of alkyl halides is 3. The van der Waals surface area contributed by atoms with E-state index in [0.29, 0.717) is 47.4 Å². The number of nitrogens with one attached hydrogen (secondary N) is 3. The Morgan fingerprint density at radius 2 is 1.81 bits per heavy atom. The lowest BCUT2D eigenvalue weighted by Gasteiger charge is -2.17. The minimum atomic E-state index is -4.38. The van der Waals surface area contributed by atoms with Gasteiger partial charge in [-0.25, -0.2) is 20.1 Å². The SMILES string of the molecule is CCCSc1nc(NC2CC2c2ccccc2)c2nnn(C3CC(C(=O)NNCCCc4ccc(C(F)(F)F)cc4)C(O)C3O)c2n1. The third-order valence-corrected chi connectivity index (χ3v) is 9.69. The summed E-state index contributed by atoms with van der Waals surface area (Å²) >= 11 is 1.51. The first-order chi connectivity index (χ1) is 22.6. The van der Waals surface area contributed by atoms with Gasteiger partial charge in [0, 0.05) is 24.3 Å². The van der Waals surface area contributed by atoms with E-state index in [0.717, 1.165) is 36.3 Å². The molecule has 0 bridgehead atoms. The molecule has 6 unspecified atom stereocenters. The van der Waals surface area contributed by atoms with E-state index in [4.69, 9.17) is 9.97 Å². The molecule has 6 rings (SSSR count). The molecule has 2 aromatic carbocycles. The fourth-order valence-corrected chi connectivity index (χ4v) is 6.68. The predicted molar refractivity (Wildman–Crippen MR) is 170 cm³/mol. The van der Waals surface area contributed by atoms with Crippen LogP contribution in [-0.2, 0) is 17.4 Å². The number of fused-ring (bicyclic) bond motifs is 1. The molecule has 1 amide bonds. The first-order valence-corrected chi connectivity index (χ1v) is 16.7. The number of benzene rings is 2. The summed E-state index contributed by atoms with van der Waals surface area (Å²) in [4.78, 5) is 22.5. The first-order valence-electron chi connectivity index (χ1n) is 15.8. The molecule has 4 aromatic rings. The van der Waals surface area contributed by atoms with Crippen molar-refractivity contribution in [2.75, 3.05) is 17.6 Å². The number of aliphatic hydroxyl groups excluding tert-OH is 2. The second kappa shape index (κ2) is 14.1. The molecule has 11 nitrogen and oxygen atoms in total. The van der Waals surface area contributed by atoms with Crippen molar-refractivity contribution in [3.8, 4) is 0 Å². The number of hydrogen-bond donors (Lipinski definition) is 5. The molecule has 0 radical (unpaired) electrons. The topological polar surface area (TPSA) is 150 Å². The molecular weight excluding hydrogens is 633 g/mol. The molecule has 2 aromatic heterocycles. The molecule has 15 heteroatoms. The summed E-state index contributed by atoms with van der Waals surface area (Å²) in [6.07, 6.45) is -3.97. The molecule has 2 saturated carbocycles. The minimum Gasteiger partial charge on any atom is -0.390 e. The number of thioether (sulfide) groups is 1.